The minimum absolute atomic E-state index is 0.511. The minimum Gasteiger partial charge on any atom is -0.487 e. The Hall–Kier alpha value is -1.75. The van der Waals surface area contributed by atoms with Crippen molar-refractivity contribution in [1.82, 2.24) is 14.8 Å². The first kappa shape index (κ1) is 14.2. The monoisotopic (exact) mass is 347 g/mol. The lowest BCUT2D eigenvalue weighted by Gasteiger charge is -2.08. The fourth-order valence-corrected chi connectivity index (χ4v) is 3.11. The number of ether oxygens (including phenoxy) is 1. The van der Waals surface area contributed by atoms with Crippen LogP contribution in [0.5, 0.6) is 5.75 Å². The summed E-state index contributed by atoms with van der Waals surface area (Å²) in [6.45, 7) is 5.55. The Kier molecular flexibility index (Phi) is 4.01. The topological polar surface area (TPSA) is 42.8 Å². The molecule has 0 aliphatic heterocycles. The zero-order chi connectivity index (χ0) is 14.8. The van der Waals surface area contributed by atoms with Crippen LogP contribution in [-0.2, 0) is 19.6 Å². The lowest BCUT2D eigenvalue weighted by Crippen LogP contribution is -2.06. The number of aromatic amines is 1. The second kappa shape index (κ2) is 5.93. The average Bonchev–Trinajstić information content (AvgIpc) is 3.08. The first-order valence-electron chi connectivity index (χ1n) is 7.17. The van der Waals surface area contributed by atoms with Crippen LogP contribution in [0.3, 0.4) is 0 Å². The van der Waals surface area contributed by atoms with Crippen molar-refractivity contribution in [3.8, 4) is 5.75 Å². The van der Waals surface area contributed by atoms with Crippen LogP contribution >= 0.6 is 15.9 Å². The number of aromatic nitrogens is 3. The highest BCUT2D eigenvalue weighted by Crippen LogP contribution is 2.25. The molecule has 0 aliphatic carbocycles. The number of nitrogens with one attached hydrogen (secondary N) is 1. The van der Waals surface area contributed by atoms with Crippen molar-refractivity contribution in [3.05, 3.63) is 46.3 Å². The van der Waals surface area contributed by atoms with Crippen LogP contribution in [0.2, 0.25) is 0 Å². The van der Waals surface area contributed by atoms with E-state index in [0.29, 0.717) is 6.61 Å². The summed E-state index contributed by atoms with van der Waals surface area (Å²) in [5.41, 5.74) is 3.29. The van der Waals surface area contributed by atoms with E-state index in [1.54, 1.807) is 0 Å². The van der Waals surface area contributed by atoms with Gasteiger partial charge in [-0.15, -0.1) is 0 Å². The van der Waals surface area contributed by atoms with Gasteiger partial charge in [0.25, 0.3) is 0 Å². The Morgan fingerprint density at radius 3 is 2.90 bits per heavy atom. The van der Waals surface area contributed by atoms with Gasteiger partial charge in [-0.25, -0.2) is 0 Å². The second-order valence-corrected chi connectivity index (χ2v) is 5.69. The molecule has 0 fully saturated rings. The third kappa shape index (κ3) is 2.70. The molecular formula is C16H18BrN3O. The van der Waals surface area contributed by atoms with Gasteiger partial charge in [0.2, 0.25) is 0 Å². The number of hydrogen-bond acceptors (Lipinski definition) is 2. The van der Waals surface area contributed by atoms with Gasteiger partial charge < -0.3 is 9.72 Å². The van der Waals surface area contributed by atoms with Gasteiger partial charge in [-0.1, -0.05) is 6.92 Å². The third-order valence-corrected chi connectivity index (χ3v) is 4.51. The highest BCUT2D eigenvalue weighted by molar-refractivity contribution is 9.10. The smallest absolute Gasteiger partial charge is 0.131 e. The highest BCUT2D eigenvalue weighted by Gasteiger charge is 2.14. The van der Waals surface area contributed by atoms with Gasteiger partial charge in [0.1, 0.15) is 12.4 Å². The fourth-order valence-electron chi connectivity index (χ4n) is 2.43. The quantitative estimate of drug-likeness (QED) is 0.748. The van der Waals surface area contributed by atoms with Crippen LogP contribution in [0, 0.1) is 0 Å². The number of nitrogens with zero attached hydrogens (tertiary/aromatic N) is 2. The number of halogens is 1. The van der Waals surface area contributed by atoms with Crippen LogP contribution in [0.1, 0.15) is 25.2 Å². The molecule has 0 radical (unpaired) electrons. The molecule has 3 rings (SSSR count). The molecule has 0 bridgehead atoms. The van der Waals surface area contributed by atoms with Crippen molar-refractivity contribution < 1.29 is 4.74 Å². The summed E-state index contributed by atoms with van der Waals surface area (Å²) >= 11 is 3.64. The van der Waals surface area contributed by atoms with Gasteiger partial charge in [0, 0.05) is 23.6 Å². The molecule has 0 saturated carbocycles. The summed E-state index contributed by atoms with van der Waals surface area (Å²) in [5, 5.41) is 5.74. The van der Waals surface area contributed by atoms with Crippen LogP contribution in [-0.4, -0.2) is 14.8 Å². The summed E-state index contributed by atoms with van der Waals surface area (Å²) in [6, 6.07) is 8.12. The third-order valence-electron chi connectivity index (χ3n) is 3.59. The van der Waals surface area contributed by atoms with E-state index in [0.717, 1.165) is 45.5 Å². The van der Waals surface area contributed by atoms with Crippen LogP contribution < -0.4 is 4.74 Å². The zero-order valence-corrected chi connectivity index (χ0v) is 13.8. The maximum Gasteiger partial charge on any atom is 0.131 e. The number of aryl methyl sites for hydroxylation is 2. The number of H-pyrrole nitrogens is 1. The maximum atomic E-state index is 5.95. The maximum absolute atomic E-state index is 5.95. The van der Waals surface area contributed by atoms with E-state index in [9.17, 15) is 0 Å². The van der Waals surface area contributed by atoms with Crippen LogP contribution in [0.4, 0.5) is 0 Å². The van der Waals surface area contributed by atoms with Crippen molar-refractivity contribution in [2.75, 3.05) is 0 Å². The van der Waals surface area contributed by atoms with E-state index in [-0.39, 0.29) is 0 Å². The van der Waals surface area contributed by atoms with E-state index in [2.05, 4.69) is 39.9 Å². The van der Waals surface area contributed by atoms with Crippen LogP contribution in [0.15, 0.2) is 34.9 Å². The number of benzene rings is 1. The lowest BCUT2D eigenvalue weighted by molar-refractivity contribution is 0.292. The second-order valence-electron chi connectivity index (χ2n) is 4.89. The van der Waals surface area contributed by atoms with Gasteiger partial charge in [0.05, 0.1) is 15.9 Å². The molecule has 0 atom stereocenters. The summed E-state index contributed by atoms with van der Waals surface area (Å²) in [7, 11) is 0. The normalized spacial score (nSPS) is 11.2. The first-order valence-corrected chi connectivity index (χ1v) is 7.96. The van der Waals surface area contributed by atoms with Gasteiger partial charge in [-0.05, 0) is 53.5 Å². The largest absolute Gasteiger partial charge is 0.487 e. The molecule has 110 valence electrons. The standard InChI is InChI=1S/C16H18BrN3O/c1-3-13-16(17)15(20(4-2)19-13)10-21-12-5-6-14-11(9-12)7-8-18-14/h5-9,18H,3-4,10H2,1-2H3. The van der Waals surface area contributed by atoms with Crippen molar-refractivity contribution in [3.63, 3.8) is 0 Å². The Morgan fingerprint density at radius 1 is 1.29 bits per heavy atom. The number of rotatable bonds is 5. The van der Waals surface area contributed by atoms with Crippen molar-refractivity contribution in [2.45, 2.75) is 33.4 Å². The predicted octanol–water partition coefficient (Wildman–Crippen LogP) is 4.29. The molecular weight excluding hydrogens is 330 g/mol. The molecule has 1 N–H and O–H groups in total. The molecule has 4 nitrogen and oxygen atoms in total. The summed E-state index contributed by atoms with van der Waals surface area (Å²) in [4.78, 5) is 3.18. The molecule has 0 aliphatic rings. The first-order chi connectivity index (χ1) is 10.2. The highest BCUT2D eigenvalue weighted by atomic mass is 79.9. The Labute approximate surface area is 132 Å². The zero-order valence-electron chi connectivity index (χ0n) is 12.2. The molecule has 0 spiro atoms. The molecule has 5 heteroatoms. The Balaban J connectivity index is 1.82. The molecule has 21 heavy (non-hydrogen) atoms. The number of hydrogen-bond donors (Lipinski definition) is 1. The lowest BCUT2D eigenvalue weighted by atomic mass is 10.2. The summed E-state index contributed by atoms with van der Waals surface area (Å²) < 4.78 is 9.01. The molecule has 0 unspecified atom stereocenters. The minimum atomic E-state index is 0.511. The van der Waals surface area contributed by atoms with Crippen molar-refractivity contribution in [1.29, 1.82) is 0 Å². The van der Waals surface area contributed by atoms with Crippen molar-refractivity contribution in [2.24, 2.45) is 0 Å². The van der Waals surface area contributed by atoms with Gasteiger partial charge in [-0.3, -0.25) is 4.68 Å². The van der Waals surface area contributed by atoms with E-state index in [1.165, 1.54) is 0 Å². The molecule has 3 aromatic rings. The van der Waals surface area contributed by atoms with Crippen molar-refractivity contribution >= 4 is 26.8 Å². The predicted molar refractivity (Wildman–Crippen MR) is 87.6 cm³/mol. The van der Waals surface area contributed by atoms with Gasteiger partial charge in [0.15, 0.2) is 0 Å². The molecule has 0 amide bonds. The van der Waals surface area contributed by atoms with E-state index < -0.39 is 0 Å². The van der Waals surface area contributed by atoms with Crippen LogP contribution in [0.25, 0.3) is 10.9 Å². The average molecular weight is 348 g/mol. The fraction of sp³-hybridized carbons (Fsp3) is 0.312. The SMILES string of the molecule is CCc1nn(CC)c(COc2ccc3[nH]ccc3c2)c1Br. The van der Waals surface area contributed by atoms with E-state index in [4.69, 9.17) is 4.74 Å². The molecule has 2 heterocycles. The summed E-state index contributed by atoms with van der Waals surface area (Å²) in [6.07, 6.45) is 2.85. The molecule has 2 aromatic heterocycles. The molecule has 1 aromatic carbocycles. The summed E-state index contributed by atoms with van der Waals surface area (Å²) in [5.74, 6) is 0.871. The Morgan fingerprint density at radius 2 is 2.14 bits per heavy atom. The van der Waals surface area contributed by atoms with E-state index in [1.807, 2.05) is 35.1 Å². The molecule has 0 saturated heterocycles. The van der Waals surface area contributed by atoms with Gasteiger partial charge in [-0.2, -0.15) is 5.10 Å². The van der Waals surface area contributed by atoms with E-state index >= 15 is 0 Å². The Bertz CT molecular complexity index is 760. The van der Waals surface area contributed by atoms with Gasteiger partial charge >= 0.3 is 0 Å². The number of fused-ring (bicyclic) bond motifs is 1.